The maximum atomic E-state index is 11.5. The van der Waals surface area contributed by atoms with E-state index in [4.69, 9.17) is 23.2 Å². The molecule has 0 aliphatic rings. The molecule has 0 fully saturated rings. The summed E-state index contributed by atoms with van der Waals surface area (Å²) >= 11 is 11.9. The zero-order valence-corrected chi connectivity index (χ0v) is 14.0. The minimum atomic E-state index is -0.571. The van der Waals surface area contributed by atoms with Gasteiger partial charge in [-0.1, -0.05) is 23.2 Å². The molecule has 0 aliphatic carbocycles. The normalized spacial score (nSPS) is 10.3. The Labute approximate surface area is 152 Å². The summed E-state index contributed by atoms with van der Waals surface area (Å²) < 4.78 is 0. The summed E-state index contributed by atoms with van der Waals surface area (Å²) in [4.78, 5) is 22.8. The second-order valence-electron chi connectivity index (χ2n) is 4.82. The van der Waals surface area contributed by atoms with Crippen molar-refractivity contribution in [2.75, 3.05) is 10.6 Å². The first-order valence-electron chi connectivity index (χ1n) is 6.92. The first kappa shape index (κ1) is 16.9. The van der Waals surface area contributed by atoms with Gasteiger partial charge in [-0.15, -0.1) is 0 Å². The molecule has 0 spiro atoms. The van der Waals surface area contributed by atoms with Gasteiger partial charge >= 0.3 is 5.69 Å². The van der Waals surface area contributed by atoms with E-state index in [0.717, 1.165) is 0 Å². The highest BCUT2D eigenvalue weighted by molar-refractivity contribution is 6.35. The van der Waals surface area contributed by atoms with Gasteiger partial charge in [0, 0.05) is 33.8 Å². The predicted octanol–water partition coefficient (Wildman–Crippen LogP) is 4.57. The van der Waals surface area contributed by atoms with Gasteiger partial charge in [0.25, 0.3) is 0 Å². The molecule has 0 amide bonds. The van der Waals surface area contributed by atoms with E-state index in [1.807, 2.05) is 0 Å². The average molecular weight is 377 g/mol. The summed E-state index contributed by atoms with van der Waals surface area (Å²) in [5, 5.41) is 18.0. The predicted molar refractivity (Wildman–Crippen MR) is 96.0 cm³/mol. The summed E-state index contributed by atoms with van der Waals surface area (Å²) in [6.07, 6.45) is 4.33. The van der Waals surface area contributed by atoms with E-state index in [2.05, 4.69) is 25.6 Å². The number of benzene rings is 1. The van der Waals surface area contributed by atoms with Crippen LogP contribution in [0.5, 0.6) is 0 Å². The number of halogens is 2. The van der Waals surface area contributed by atoms with Crippen molar-refractivity contribution in [2.24, 2.45) is 0 Å². The molecule has 126 valence electrons. The molecule has 0 saturated carbocycles. The van der Waals surface area contributed by atoms with Gasteiger partial charge in [-0.2, -0.15) is 0 Å². The molecule has 0 atom stereocenters. The number of hydrogen-bond acceptors (Lipinski definition) is 7. The second-order valence-corrected chi connectivity index (χ2v) is 5.69. The Morgan fingerprint density at radius 3 is 2.04 bits per heavy atom. The first-order chi connectivity index (χ1) is 12.0. The largest absolute Gasteiger partial charge is 0.353 e. The molecule has 8 nitrogen and oxygen atoms in total. The van der Waals surface area contributed by atoms with E-state index in [-0.39, 0.29) is 17.3 Å². The van der Waals surface area contributed by atoms with Crippen molar-refractivity contribution < 1.29 is 4.92 Å². The Balaban J connectivity index is 1.99. The highest BCUT2D eigenvalue weighted by atomic mass is 35.5. The van der Waals surface area contributed by atoms with E-state index >= 15 is 0 Å². The molecule has 2 aromatic heterocycles. The maximum absolute atomic E-state index is 11.5. The third-order valence-corrected chi connectivity index (χ3v) is 3.51. The molecular weight excluding hydrogens is 367 g/mol. The highest BCUT2D eigenvalue weighted by Gasteiger charge is 2.23. The summed E-state index contributed by atoms with van der Waals surface area (Å²) in [6.45, 7) is 0. The van der Waals surface area contributed by atoms with Crippen LogP contribution in [0, 0.1) is 10.1 Å². The third-order valence-electron chi connectivity index (χ3n) is 3.07. The van der Waals surface area contributed by atoms with E-state index in [0.29, 0.717) is 21.4 Å². The highest BCUT2D eigenvalue weighted by Crippen LogP contribution is 2.34. The van der Waals surface area contributed by atoms with E-state index in [1.54, 1.807) is 42.7 Å². The number of anilines is 4. The lowest BCUT2D eigenvalue weighted by Gasteiger charge is -2.10. The van der Waals surface area contributed by atoms with E-state index in [9.17, 15) is 10.1 Å². The summed E-state index contributed by atoms with van der Waals surface area (Å²) in [5.74, 6) is 0.0525. The minimum Gasteiger partial charge on any atom is -0.334 e. The van der Waals surface area contributed by atoms with Crippen molar-refractivity contribution >= 4 is 51.9 Å². The van der Waals surface area contributed by atoms with Crippen LogP contribution < -0.4 is 10.6 Å². The molecule has 0 bridgehead atoms. The number of nitro groups is 1. The van der Waals surface area contributed by atoms with Crippen LogP contribution in [0.25, 0.3) is 0 Å². The Bertz CT molecular complexity index is 903. The van der Waals surface area contributed by atoms with Crippen LogP contribution >= 0.6 is 23.2 Å². The lowest BCUT2D eigenvalue weighted by molar-refractivity contribution is -0.383. The van der Waals surface area contributed by atoms with Gasteiger partial charge in [0.15, 0.2) is 0 Å². The van der Waals surface area contributed by atoms with Gasteiger partial charge in [0.2, 0.25) is 11.6 Å². The van der Waals surface area contributed by atoms with Crippen LogP contribution in [0.4, 0.5) is 28.7 Å². The van der Waals surface area contributed by atoms with Crippen molar-refractivity contribution in [3.05, 3.63) is 69.2 Å². The minimum absolute atomic E-state index is 0.00916. The zero-order valence-electron chi connectivity index (χ0n) is 12.5. The summed E-state index contributed by atoms with van der Waals surface area (Å²) in [7, 11) is 0. The molecule has 0 radical (unpaired) electrons. The SMILES string of the molecule is O=[N+]([O-])c1c(Nc2ccncc2)ncnc1Nc1cc(Cl)cc(Cl)c1. The van der Waals surface area contributed by atoms with Gasteiger partial charge in [-0.05, 0) is 30.3 Å². The molecule has 25 heavy (non-hydrogen) atoms. The Kier molecular flexibility index (Phi) is 4.92. The Morgan fingerprint density at radius 2 is 1.48 bits per heavy atom. The quantitative estimate of drug-likeness (QED) is 0.495. The monoisotopic (exact) mass is 376 g/mol. The number of nitrogens with one attached hydrogen (secondary N) is 2. The molecule has 2 N–H and O–H groups in total. The molecule has 0 unspecified atom stereocenters. The van der Waals surface area contributed by atoms with Crippen LogP contribution in [-0.4, -0.2) is 19.9 Å². The maximum Gasteiger partial charge on any atom is 0.353 e. The van der Waals surface area contributed by atoms with Gasteiger partial charge < -0.3 is 10.6 Å². The van der Waals surface area contributed by atoms with Crippen molar-refractivity contribution in [1.82, 2.24) is 15.0 Å². The number of aromatic nitrogens is 3. The lowest BCUT2D eigenvalue weighted by Crippen LogP contribution is -2.05. The number of pyridine rings is 1. The molecule has 0 saturated heterocycles. The zero-order chi connectivity index (χ0) is 17.8. The molecule has 2 heterocycles. The summed E-state index contributed by atoms with van der Waals surface area (Å²) in [5.41, 5.74) is 0.762. The van der Waals surface area contributed by atoms with Crippen LogP contribution in [-0.2, 0) is 0 Å². The van der Waals surface area contributed by atoms with Crippen molar-refractivity contribution in [1.29, 1.82) is 0 Å². The molecule has 10 heteroatoms. The lowest BCUT2D eigenvalue weighted by atomic mass is 10.3. The van der Waals surface area contributed by atoms with Crippen molar-refractivity contribution in [3.63, 3.8) is 0 Å². The average Bonchev–Trinajstić information content (AvgIpc) is 2.54. The fourth-order valence-electron chi connectivity index (χ4n) is 2.07. The molecule has 3 rings (SSSR count). The van der Waals surface area contributed by atoms with Crippen molar-refractivity contribution in [2.45, 2.75) is 0 Å². The number of rotatable bonds is 5. The fraction of sp³-hybridized carbons (Fsp3) is 0. The van der Waals surface area contributed by atoms with E-state index in [1.165, 1.54) is 6.33 Å². The second kappa shape index (κ2) is 7.29. The van der Waals surface area contributed by atoms with Crippen LogP contribution in [0.15, 0.2) is 49.1 Å². The van der Waals surface area contributed by atoms with Gasteiger partial charge in [-0.25, -0.2) is 9.97 Å². The summed E-state index contributed by atoms with van der Waals surface area (Å²) in [6, 6.07) is 8.04. The molecular formula is C15H10Cl2N6O2. The first-order valence-corrected chi connectivity index (χ1v) is 7.68. The molecule has 0 aliphatic heterocycles. The van der Waals surface area contributed by atoms with Gasteiger partial charge in [0.05, 0.1) is 4.92 Å². The van der Waals surface area contributed by atoms with Crippen LogP contribution in [0.1, 0.15) is 0 Å². The Morgan fingerprint density at radius 1 is 0.920 bits per heavy atom. The standard InChI is InChI=1S/C15H10Cl2N6O2/c16-9-5-10(17)7-12(6-9)22-15-13(23(24)25)14(19-8-20-15)21-11-1-3-18-4-2-11/h1-8H,(H2,18,19,20,21,22). The van der Waals surface area contributed by atoms with Crippen LogP contribution in [0.3, 0.4) is 0 Å². The smallest absolute Gasteiger partial charge is 0.334 e. The van der Waals surface area contributed by atoms with Crippen LogP contribution in [0.2, 0.25) is 10.0 Å². The third kappa shape index (κ3) is 4.11. The Hall–Kier alpha value is -2.97. The van der Waals surface area contributed by atoms with Gasteiger partial charge in [0.1, 0.15) is 6.33 Å². The van der Waals surface area contributed by atoms with E-state index < -0.39 is 4.92 Å². The topological polar surface area (TPSA) is 106 Å². The number of hydrogen-bond donors (Lipinski definition) is 2. The molecule has 1 aromatic carbocycles. The number of nitrogens with zero attached hydrogens (tertiary/aromatic N) is 4. The van der Waals surface area contributed by atoms with Crippen molar-refractivity contribution in [3.8, 4) is 0 Å². The molecule has 3 aromatic rings. The fourth-order valence-corrected chi connectivity index (χ4v) is 2.60. The van der Waals surface area contributed by atoms with Gasteiger partial charge in [-0.3, -0.25) is 15.1 Å².